The molecule has 0 bridgehead atoms. The van der Waals surface area contributed by atoms with Crippen LogP contribution in [0.3, 0.4) is 0 Å². The molecule has 0 unspecified atom stereocenters. The van der Waals surface area contributed by atoms with Crippen molar-refractivity contribution in [2.45, 2.75) is 91.6 Å². The van der Waals surface area contributed by atoms with Crippen molar-refractivity contribution in [3.05, 3.63) is 12.2 Å². The number of hydrogen-bond donors (Lipinski definition) is 0. The first-order chi connectivity index (χ1) is 9.82. The summed E-state index contributed by atoms with van der Waals surface area (Å²) in [5.74, 6) is 6.26. The zero-order valence-corrected chi connectivity index (χ0v) is 14.5. The van der Waals surface area contributed by atoms with Gasteiger partial charge < -0.3 is 9.47 Å². The van der Waals surface area contributed by atoms with E-state index >= 15 is 0 Å². The molecule has 0 aromatic carbocycles. The maximum atomic E-state index is 6.16. The van der Waals surface area contributed by atoms with Crippen molar-refractivity contribution in [3.63, 3.8) is 0 Å². The summed E-state index contributed by atoms with van der Waals surface area (Å²) in [4.78, 5) is 0. The second-order valence-corrected chi connectivity index (χ2v) is 7.22. The molecule has 0 spiro atoms. The van der Waals surface area contributed by atoms with Crippen LogP contribution in [-0.2, 0) is 9.47 Å². The Morgan fingerprint density at radius 2 is 1.90 bits per heavy atom. The van der Waals surface area contributed by atoms with Crippen LogP contribution in [0.15, 0.2) is 12.2 Å². The second kappa shape index (κ2) is 8.61. The SMILES string of the molecule is C=C(C)C#C[C@H]1C[C@H](CCCCCC)O[C@H](C(C)(C)C)O1. The molecule has 120 valence electrons. The highest BCUT2D eigenvalue weighted by molar-refractivity contribution is 5.25. The summed E-state index contributed by atoms with van der Waals surface area (Å²) in [5.41, 5.74) is 0.863. The Morgan fingerprint density at radius 3 is 2.48 bits per heavy atom. The maximum Gasteiger partial charge on any atom is 0.164 e. The average molecular weight is 292 g/mol. The smallest absolute Gasteiger partial charge is 0.164 e. The predicted molar refractivity (Wildman–Crippen MR) is 89.0 cm³/mol. The molecule has 1 aliphatic rings. The van der Waals surface area contributed by atoms with Crippen LogP contribution in [0.2, 0.25) is 0 Å². The molecular formula is C19H32O2. The van der Waals surface area contributed by atoms with Crippen LogP contribution in [-0.4, -0.2) is 18.5 Å². The summed E-state index contributed by atoms with van der Waals surface area (Å²) in [5, 5.41) is 0. The third kappa shape index (κ3) is 7.16. The fraction of sp³-hybridized carbons (Fsp3) is 0.789. The Labute approximate surface area is 131 Å². The van der Waals surface area contributed by atoms with Gasteiger partial charge in [-0.25, -0.2) is 0 Å². The molecule has 1 saturated heterocycles. The van der Waals surface area contributed by atoms with E-state index in [1.54, 1.807) is 0 Å². The lowest BCUT2D eigenvalue weighted by atomic mass is 9.93. The molecule has 3 atom stereocenters. The van der Waals surface area contributed by atoms with Gasteiger partial charge in [-0.2, -0.15) is 0 Å². The Hall–Kier alpha value is -0.780. The van der Waals surface area contributed by atoms with Crippen molar-refractivity contribution in [2.75, 3.05) is 0 Å². The normalized spacial score (nSPS) is 26.0. The highest BCUT2D eigenvalue weighted by Gasteiger charge is 2.36. The van der Waals surface area contributed by atoms with Crippen molar-refractivity contribution in [3.8, 4) is 11.8 Å². The van der Waals surface area contributed by atoms with Gasteiger partial charge in [-0.05, 0) is 18.9 Å². The number of hydrogen-bond acceptors (Lipinski definition) is 2. The molecule has 0 radical (unpaired) electrons. The fourth-order valence-corrected chi connectivity index (χ4v) is 2.40. The minimum absolute atomic E-state index is 0.0226. The van der Waals surface area contributed by atoms with Crippen molar-refractivity contribution in [1.82, 2.24) is 0 Å². The predicted octanol–water partition coefficient (Wildman–Crippen LogP) is 5.08. The van der Waals surface area contributed by atoms with Crippen molar-refractivity contribution < 1.29 is 9.47 Å². The number of unbranched alkanes of at least 4 members (excludes halogenated alkanes) is 3. The van der Waals surface area contributed by atoms with Gasteiger partial charge in [0.25, 0.3) is 0 Å². The highest BCUT2D eigenvalue weighted by Crippen LogP contribution is 2.32. The molecule has 21 heavy (non-hydrogen) atoms. The molecule has 1 fully saturated rings. The van der Waals surface area contributed by atoms with E-state index in [0.29, 0.717) is 0 Å². The molecule has 1 aliphatic heterocycles. The van der Waals surface area contributed by atoms with Gasteiger partial charge in [0.15, 0.2) is 6.29 Å². The lowest BCUT2D eigenvalue weighted by Crippen LogP contribution is -2.44. The monoisotopic (exact) mass is 292 g/mol. The number of rotatable bonds is 5. The summed E-state index contributed by atoms with van der Waals surface area (Å²) in [6.07, 6.45) is 7.15. The van der Waals surface area contributed by atoms with E-state index in [2.05, 4.69) is 46.1 Å². The van der Waals surface area contributed by atoms with Crippen LogP contribution in [0.4, 0.5) is 0 Å². The average Bonchev–Trinajstić information content (AvgIpc) is 2.40. The van der Waals surface area contributed by atoms with E-state index < -0.39 is 0 Å². The van der Waals surface area contributed by atoms with Gasteiger partial charge in [0.1, 0.15) is 6.10 Å². The molecule has 1 rings (SSSR count). The van der Waals surface area contributed by atoms with Gasteiger partial charge in [-0.1, -0.05) is 71.8 Å². The van der Waals surface area contributed by atoms with Crippen molar-refractivity contribution >= 4 is 0 Å². The minimum Gasteiger partial charge on any atom is -0.349 e. The topological polar surface area (TPSA) is 18.5 Å². The zero-order valence-electron chi connectivity index (χ0n) is 14.5. The fourth-order valence-electron chi connectivity index (χ4n) is 2.40. The van der Waals surface area contributed by atoms with Gasteiger partial charge in [0, 0.05) is 11.8 Å². The second-order valence-electron chi connectivity index (χ2n) is 7.22. The molecule has 0 amide bonds. The highest BCUT2D eigenvalue weighted by atomic mass is 16.7. The summed E-state index contributed by atoms with van der Waals surface area (Å²) in [6.45, 7) is 14.5. The van der Waals surface area contributed by atoms with Crippen LogP contribution >= 0.6 is 0 Å². The lowest BCUT2D eigenvalue weighted by Gasteiger charge is -2.40. The first kappa shape index (κ1) is 18.3. The largest absolute Gasteiger partial charge is 0.349 e. The molecule has 0 aromatic rings. The zero-order chi connectivity index (χ0) is 15.9. The molecule has 0 N–H and O–H groups in total. The Kier molecular flexibility index (Phi) is 7.49. The summed E-state index contributed by atoms with van der Waals surface area (Å²) < 4.78 is 12.2. The lowest BCUT2D eigenvalue weighted by molar-refractivity contribution is -0.268. The summed E-state index contributed by atoms with van der Waals surface area (Å²) >= 11 is 0. The standard InChI is InChI=1S/C19H32O2/c1-7-8-9-10-11-16-14-17(13-12-15(2)3)21-18(20-16)19(4,5)6/h16-18H,2,7-11,14H2,1,3-6H3/t16-,17-,18-/m0/s1. The van der Waals surface area contributed by atoms with Crippen LogP contribution in [0.1, 0.15) is 73.1 Å². The van der Waals surface area contributed by atoms with E-state index in [0.717, 1.165) is 18.4 Å². The van der Waals surface area contributed by atoms with Crippen molar-refractivity contribution in [2.24, 2.45) is 5.41 Å². The molecular weight excluding hydrogens is 260 g/mol. The Bertz CT molecular complexity index is 381. The molecule has 1 heterocycles. The Morgan fingerprint density at radius 1 is 1.19 bits per heavy atom. The quantitative estimate of drug-likeness (QED) is 0.519. The van der Waals surface area contributed by atoms with Crippen LogP contribution < -0.4 is 0 Å². The van der Waals surface area contributed by atoms with Gasteiger partial charge in [-0.15, -0.1) is 0 Å². The van der Waals surface area contributed by atoms with Gasteiger partial charge in [0.05, 0.1) is 6.10 Å². The van der Waals surface area contributed by atoms with Gasteiger partial charge >= 0.3 is 0 Å². The van der Waals surface area contributed by atoms with E-state index in [4.69, 9.17) is 9.47 Å². The van der Waals surface area contributed by atoms with Crippen molar-refractivity contribution in [1.29, 1.82) is 0 Å². The number of ether oxygens (including phenoxy) is 2. The van der Waals surface area contributed by atoms with E-state index in [-0.39, 0.29) is 23.9 Å². The molecule has 2 nitrogen and oxygen atoms in total. The van der Waals surface area contributed by atoms with Gasteiger partial charge in [0.2, 0.25) is 0 Å². The third-order valence-corrected chi connectivity index (χ3v) is 3.61. The number of allylic oxidation sites excluding steroid dienone is 1. The maximum absolute atomic E-state index is 6.16. The first-order valence-corrected chi connectivity index (χ1v) is 8.31. The Balaban J connectivity index is 2.62. The van der Waals surface area contributed by atoms with E-state index in [9.17, 15) is 0 Å². The molecule has 0 aromatic heterocycles. The van der Waals surface area contributed by atoms with Gasteiger partial charge in [-0.3, -0.25) is 0 Å². The van der Waals surface area contributed by atoms with Crippen LogP contribution in [0, 0.1) is 17.3 Å². The van der Waals surface area contributed by atoms with Crippen LogP contribution in [0.5, 0.6) is 0 Å². The van der Waals surface area contributed by atoms with E-state index in [1.807, 2.05) is 6.92 Å². The molecule has 0 saturated carbocycles. The minimum atomic E-state index is -0.174. The van der Waals surface area contributed by atoms with Crippen LogP contribution in [0.25, 0.3) is 0 Å². The third-order valence-electron chi connectivity index (χ3n) is 3.61. The first-order valence-electron chi connectivity index (χ1n) is 8.31. The molecule has 2 heteroatoms. The summed E-state index contributed by atoms with van der Waals surface area (Å²) in [7, 11) is 0. The van der Waals surface area contributed by atoms with E-state index in [1.165, 1.54) is 25.7 Å². The summed E-state index contributed by atoms with van der Waals surface area (Å²) in [6, 6.07) is 0. The molecule has 0 aliphatic carbocycles.